The molecule has 1 aliphatic carbocycles. The van der Waals surface area contributed by atoms with E-state index >= 15 is 0 Å². The molecule has 0 radical (unpaired) electrons. The minimum absolute atomic E-state index is 0.0199. The van der Waals surface area contributed by atoms with E-state index in [0.717, 1.165) is 25.7 Å². The Balaban J connectivity index is 1.24. The van der Waals surface area contributed by atoms with Crippen molar-refractivity contribution in [1.29, 1.82) is 0 Å². The molecule has 4 aliphatic rings. The lowest BCUT2D eigenvalue weighted by atomic mass is 10.0. The number of piperazine rings is 1. The zero-order chi connectivity index (χ0) is 17.6. The number of hydrogen-bond donors (Lipinski definition) is 0. The van der Waals surface area contributed by atoms with E-state index in [1.165, 1.54) is 4.31 Å². The standard InChI is InChI=1S/C16H25N3O5S/c20-15(12-10-19(11-12)25(22,23)13-3-4-13)17-5-7-18(8-6-17)16(21)14-2-1-9-24-14/h12-14H,1-11H2/t14-/m0/s1. The average molecular weight is 371 g/mol. The topological polar surface area (TPSA) is 87.2 Å². The molecule has 0 aromatic rings. The molecule has 4 fully saturated rings. The molecule has 3 saturated heterocycles. The van der Waals surface area contributed by atoms with Crippen LogP contribution in [0.5, 0.6) is 0 Å². The highest BCUT2D eigenvalue weighted by Crippen LogP contribution is 2.34. The maximum Gasteiger partial charge on any atom is 0.251 e. The van der Waals surface area contributed by atoms with Crippen LogP contribution in [0.2, 0.25) is 0 Å². The second kappa shape index (κ2) is 6.51. The van der Waals surface area contributed by atoms with Gasteiger partial charge in [0.15, 0.2) is 0 Å². The molecule has 0 bridgehead atoms. The Morgan fingerprint density at radius 3 is 2.00 bits per heavy atom. The highest BCUT2D eigenvalue weighted by molar-refractivity contribution is 7.90. The summed E-state index contributed by atoms with van der Waals surface area (Å²) in [6.45, 7) is 3.37. The number of rotatable bonds is 4. The zero-order valence-corrected chi connectivity index (χ0v) is 15.1. The van der Waals surface area contributed by atoms with E-state index in [1.807, 2.05) is 0 Å². The predicted molar refractivity (Wildman–Crippen MR) is 89.1 cm³/mol. The maximum absolute atomic E-state index is 12.5. The molecule has 2 amide bonds. The average Bonchev–Trinajstić information content (AvgIpc) is 3.29. The Morgan fingerprint density at radius 1 is 0.880 bits per heavy atom. The first-order valence-electron chi connectivity index (χ1n) is 9.15. The van der Waals surface area contributed by atoms with Gasteiger partial charge >= 0.3 is 0 Å². The summed E-state index contributed by atoms with van der Waals surface area (Å²) in [5, 5.41) is -0.212. The molecule has 3 aliphatic heterocycles. The summed E-state index contributed by atoms with van der Waals surface area (Å²) >= 11 is 0. The van der Waals surface area contributed by atoms with Crippen LogP contribution in [0.1, 0.15) is 25.7 Å². The van der Waals surface area contributed by atoms with E-state index in [-0.39, 0.29) is 29.1 Å². The second-order valence-electron chi connectivity index (χ2n) is 7.41. The van der Waals surface area contributed by atoms with E-state index in [1.54, 1.807) is 9.80 Å². The number of carbonyl (C=O) groups is 2. The number of hydrogen-bond acceptors (Lipinski definition) is 5. The molecule has 8 nitrogen and oxygen atoms in total. The van der Waals surface area contributed by atoms with Crippen LogP contribution in [-0.4, -0.2) is 91.6 Å². The number of ether oxygens (including phenoxy) is 1. The van der Waals surface area contributed by atoms with Gasteiger partial charge in [-0.05, 0) is 25.7 Å². The third-order valence-electron chi connectivity index (χ3n) is 5.61. The number of sulfonamides is 1. The van der Waals surface area contributed by atoms with Crippen molar-refractivity contribution in [3.05, 3.63) is 0 Å². The van der Waals surface area contributed by atoms with Crippen LogP contribution in [-0.2, 0) is 24.3 Å². The Kier molecular flexibility index (Phi) is 4.49. The van der Waals surface area contributed by atoms with Crippen molar-refractivity contribution in [2.45, 2.75) is 37.0 Å². The Morgan fingerprint density at radius 2 is 1.48 bits per heavy atom. The van der Waals surface area contributed by atoms with Gasteiger partial charge in [0.2, 0.25) is 15.9 Å². The van der Waals surface area contributed by atoms with E-state index in [4.69, 9.17) is 4.74 Å². The molecule has 0 spiro atoms. The fourth-order valence-corrected chi connectivity index (χ4v) is 5.69. The summed E-state index contributed by atoms with van der Waals surface area (Å²) in [5.41, 5.74) is 0. The van der Waals surface area contributed by atoms with Crippen molar-refractivity contribution in [3.8, 4) is 0 Å². The predicted octanol–water partition coefficient (Wildman–Crippen LogP) is -0.740. The van der Waals surface area contributed by atoms with Crippen molar-refractivity contribution in [2.75, 3.05) is 45.9 Å². The van der Waals surface area contributed by atoms with E-state index in [2.05, 4.69) is 0 Å². The summed E-state index contributed by atoms with van der Waals surface area (Å²) in [7, 11) is -3.16. The maximum atomic E-state index is 12.5. The van der Waals surface area contributed by atoms with Gasteiger partial charge in [-0.25, -0.2) is 8.42 Å². The molecular weight excluding hydrogens is 346 g/mol. The van der Waals surface area contributed by atoms with Crippen molar-refractivity contribution in [3.63, 3.8) is 0 Å². The van der Waals surface area contributed by atoms with Crippen molar-refractivity contribution < 1.29 is 22.7 Å². The summed E-state index contributed by atoms with van der Waals surface area (Å²) < 4.78 is 31.1. The van der Waals surface area contributed by atoms with Gasteiger partial charge in [-0.3, -0.25) is 9.59 Å². The van der Waals surface area contributed by atoms with Crippen LogP contribution in [0.3, 0.4) is 0 Å². The Hall–Kier alpha value is -1.19. The second-order valence-corrected chi connectivity index (χ2v) is 9.62. The van der Waals surface area contributed by atoms with E-state index in [0.29, 0.717) is 45.9 Å². The lowest BCUT2D eigenvalue weighted by Gasteiger charge is -2.42. The van der Waals surface area contributed by atoms with Gasteiger partial charge in [0.25, 0.3) is 5.91 Å². The number of nitrogens with zero attached hydrogens (tertiary/aromatic N) is 3. The van der Waals surface area contributed by atoms with Gasteiger partial charge in [-0.2, -0.15) is 4.31 Å². The minimum atomic E-state index is -3.16. The van der Waals surface area contributed by atoms with Crippen LogP contribution < -0.4 is 0 Å². The highest BCUT2D eigenvalue weighted by atomic mass is 32.2. The minimum Gasteiger partial charge on any atom is -0.368 e. The van der Waals surface area contributed by atoms with Crippen LogP contribution in [0, 0.1) is 5.92 Å². The van der Waals surface area contributed by atoms with Gasteiger partial charge in [-0.1, -0.05) is 0 Å². The molecule has 4 rings (SSSR count). The fraction of sp³-hybridized carbons (Fsp3) is 0.875. The third-order valence-corrected chi connectivity index (χ3v) is 7.94. The first-order chi connectivity index (χ1) is 12.0. The van der Waals surface area contributed by atoms with Gasteiger partial charge < -0.3 is 14.5 Å². The molecule has 0 unspecified atom stereocenters. The molecule has 1 atom stereocenters. The number of carbonyl (C=O) groups excluding carboxylic acids is 2. The van der Waals surface area contributed by atoms with Crippen molar-refractivity contribution in [1.82, 2.24) is 14.1 Å². The largest absolute Gasteiger partial charge is 0.368 e. The van der Waals surface area contributed by atoms with E-state index < -0.39 is 10.0 Å². The molecule has 0 aromatic carbocycles. The third kappa shape index (κ3) is 3.29. The Bertz CT molecular complexity index is 643. The normalized spacial score (nSPS) is 28.9. The first kappa shape index (κ1) is 17.2. The first-order valence-corrected chi connectivity index (χ1v) is 10.7. The summed E-state index contributed by atoms with van der Waals surface area (Å²) in [4.78, 5) is 28.4. The smallest absolute Gasteiger partial charge is 0.251 e. The summed E-state index contributed by atoms with van der Waals surface area (Å²) in [6.07, 6.45) is 2.90. The van der Waals surface area contributed by atoms with Crippen LogP contribution >= 0.6 is 0 Å². The molecule has 140 valence electrons. The van der Waals surface area contributed by atoms with Crippen LogP contribution in [0.15, 0.2) is 0 Å². The summed E-state index contributed by atoms with van der Waals surface area (Å²) in [5.74, 6) is -0.171. The quantitative estimate of drug-likeness (QED) is 0.650. The SMILES string of the molecule is O=C(C1CN(S(=O)(=O)C2CC2)C1)N1CCN(C(=O)[C@@H]2CCCO2)CC1. The molecule has 0 N–H and O–H groups in total. The molecule has 1 saturated carbocycles. The van der Waals surface area contributed by atoms with Gasteiger partial charge in [0.1, 0.15) is 6.10 Å². The van der Waals surface area contributed by atoms with E-state index in [9.17, 15) is 18.0 Å². The van der Waals surface area contributed by atoms with Crippen molar-refractivity contribution >= 4 is 21.8 Å². The summed E-state index contributed by atoms with van der Waals surface area (Å²) in [6, 6.07) is 0. The molecule has 0 aromatic heterocycles. The lowest BCUT2D eigenvalue weighted by Crippen LogP contribution is -2.60. The Labute approximate surface area is 148 Å². The fourth-order valence-electron chi connectivity index (χ4n) is 3.76. The van der Waals surface area contributed by atoms with Crippen LogP contribution in [0.4, 0.5) is 0 Å². The highest BCUT2D eigenvalue weighted by Gasteiger charge is 2.48. The van der Waals surface area contributed by atoms with Gasteiger partial charge in [0.05, 0.1) is 11.2 Å². The van der Waals surface area contributed by atoms with Crippen LogP contribution in [0.25, 0.3) is 0 Å². The molecule has 9 heteroatoms. The molecule has 3 heterocycles. The van der Waals surface area contributed by atoms with Crippen molar-refractivity contribution in [2.24, 2.45) is 5.92 Å². The number of amides is 2. The monoisotopic (exact) mass is 371 g/mol. The molecular formula is C16H25N3O5S. The van der Waals surface area contributed by atoms with Gasteiger partial charge in [-0.15, -0.1) is 0 Å². The van der Waals surface area contributed by atoms with Gasteiger partial charge in [0, 0.05) is 45.9 Å². The molecule has 25 heavy (non-hydrogen) atoms. The zero-order valence-electron chi connectivity index (χ0n) is 14.3. The lowest BCUT2D eigenvalue weighted by molar-refractivity contribution is -0.148.